The molecule has 0 aromatic carbocycles. The molecule has 27 heavy (non-hydrogen) atoms. The fourth-order valence-corrected chi connectivity index (χ4v) is 8.05. The van der Waals surface area contributed by atoms with E-state index in [1.165, 1.54) is 19.4 Å². The molecule has 1 heterocycles. The number of carbonyl (C=O) groups excluding carboxylic acids is 1. The van der Waals surface area contributed by atoms with Gasteiger partial charge in [-0.25, -0.2) is 4.73 Å². The van der Waals surface area contributed by atoms with Gasteiger partial charge in [0.15, 0.2) is 0 Å². The minimum absolute atomic E-state index is 0.0796. The lowest BCUT2D eigenvalue weighted by Crippen LogP contribution is -2.60. The predicted molar refractivity (Wildman–Crippen MR) is 108 cm³/mol. The van der Waals surface area contributed by atoms with Gasteiger partial charge in [-0.15, -0.1) is 0 Å². The minimum Gasteiger partial charge on any atom is -0.711 e. The van der Waals surface area contributed by atoms with Crippen molar-refractivity contribution in [1.29, 1.82) is 0 Å². The average Bonchev–Trinajstić information content (AvgIpc) is 2.43. The van der Waals surface area contributed by atoms with Crippen molar-refractivity contribution in [3.05, 3.63) is 17.5 Å². The maximum absolute atomic E-state index is 16.6. The number of nitrogens with one attached hydrogen (secondary N) is 1. The van der Waals surface area contributed by atoms with Crippen LogP contribution in [0.5, 0.6) is 5.75 Å². The molecule has 0 unspecified atom stereocenters. The van der Waals surface area contributed by atoms with Crippen molar-refractivity contribution >= 4 is 25.5 Å². The number of anilines is 1. The van der Waals surface area contributed by atoms with E-state index in [9.17, 15) is 10.0 Å². The van der Waals surface area contributed by atoms with Crippen molar-refractivity contribution in [3.63, 3.8) is 0 Å². The normalized spacial score (nSPS) is 13.3. The number of hydrogen-bond donors (Lipinski definition) is 1. The lowest BCUT2D eigenvalue weighted by atomic mass is 10.2. The van der Waals surface area contributed by atoms with Crippen molar-refractivity contribution in [2.24, 2.45) is 0 Å². The Morgan fingerprint density at radius 2 is 1.59 bits per heavy atom. The largest absolute Gasteiger partial charge is 0.711 e. The third kappa shape index (κ3) is 4.91. The highest BCUT2D eigenvalue weighted by molar-refractivity contribution is 6.91. The van der Waals surface area contributed by atoms with Crippen LogP contribution in [-0.4, -0.2) is 27.2 Å². The summed E-state index contributed by atoms with van der Waals surface area (Å²) in [6.07, 6.45) is 0.422. The third-order valence-electron chi connectivity index (χ3n) is 4.30. The molecule has 1 aromatic heterocycles. The Morgan fingerprint density at radius 3 is 1.96 bits per heavy atom. The number of nitrogens with zero attached hydrogens (tertiary/aromatic N) is 1. The highest BCUT2D eigenvalue weighted by atomic mass is 28.4. The van der Waals surface area contributed by atoms with Crippen molar-refractivity contribution in [2.45, 2.75) is 78.0 Å². The van der Waals surface area contributed by atoms with Gasteiger partial charge in [0.2, 0.25) is 0 Å². The number of carbonyl (C=O) groups is 1. The number of ether oxygens (including phenoxy) is 2. The highest BCUT2D eigenvalue weighted by Gasteiger charge is 2.58. The van der Waals surface area contributed by atoms with E-state index in [1.54, 1.807) is 20.8 Å². The molecule has 0 saturated carbocycles. The minimum atomic E-state index is -3.72. The molecular formula is C19H33FN2O4Si. The van der Waals surface area contributed by atoms with Crippen LogP contribution in [0.2, 0.25) is 10.1 Å². The van der Waals surface area contributed by atoms with E-state index in [0.29, 0.717) is 4.73 Å². The number of halogens is 1. The zero-order valence-corrected chi connectivity index (χ0v) is 19.1. The molecule has 0 bridgehead atoms. The second-order valence-corrected chi connectivity index (χ2v) is 14.6. The summed E-state index contributed by atoms with van der Waals surface area (Å²) in [4.78, 5) is 12.0. The summed E-state index contributed by atoms with van der Waals surface area (Å²) in [6, 6.07) is 1.35. The first kappa shape index (κ1) is 23.2. The zero-order valence-electron chi connectivity index (χ0n) is 18.1. The molecule has 6 nitrogen and oxygen atoms in total. The van der Waals surface area contributed by atoms with Crippen molar-refractivity contribution in [3.8, 4) is 5.75 Å². The third-order valence-corrected chi connectivity index (χ3v) is 9.56. The van der Waals surface area contributed by atoms with E-state index >= 15 is 4.11 Å². The fraction of sp³-hybridized carbons (Fsp3) is 0.684. The summed E-state index contributed by atoms with van der Waals surface area (Å²) in [7, 11) is -2.29. The smallest absolute Gasteiger partial charge is 0.505 e. The van der Waals surface area contributed by atoms with Crippen LogP contribution < -0.4 is 20.0 Å². The summed E-state index contributed by atoms with van der Waals surface area (Å²) in [5.41, 5.74) is -0.707. The van der Waals surface area contributed by atoms with Gasteiger partial charge in [0, 0.05) is 0 Å². The summed E-state index contributed by atoms with van der Waals surface area (Å²) in [5, 5.41) is 13.9. The maximum atomic E-state index is 16.6. The first-order chi connectivity index (χ1) is 11.9. The van der Waals surface area contributed by atoms with Crippen molar-refractivity contribution in [1.82, 2.24) is 0 Å². The van der Waals surface area contributed by atoms with Crippen LogP contribution in [0.15, 0.2) is 12.3 Å². The Bertz CT molecular complexity index is 689. The van der Waals surface area contributed by atoms with Crippen LogP contribution in [0.4, 0.5) is 14.7 Å². The number of methoxy groups -OCH3 is 1. The molecule has 1 aromatic rings. The second-order valence-electron chi connectivity index (χ2n) is 9.75. The van der Waals surface area contributed by atoms with E-state index in [1.807, 2.05) is 41.5 Å². The van der Waals surface area contributed by atoms with Crippen molar-refractivity contribution in [2.75, 3.05) is 12.4 Å². The SMILES string of the molecule is COc1cc(NC(=O)OC(C)(C)C)[n+]([O-])cc1[Si](F)(C(C)(C)C)C(C)(C)C. The van der Waals surface area contributed by atoms with E-state index < -0.39 is 30.2 Å². The van der Waals surface area contributed by atoms with Gasteiger partial charge in [0.1, 0.15) is 11.4 Å². The summed E-state index contributed by atoms with van der Waals surface area (Å²) >= 11 is 0. The van der Waals surface area contributed by atoms with E-state index in [0.717, 1.165) is 0 Å². The molecule has 0 aliphatic heterocycles. The Hall–Kier alpha value is -1.83. The molecule has 0 aliphatic carbocycles. The molecule has 0 atom stereocenters. The summed E-state index contributed by atoms with van der Waals surface area (Å²) in [5.74, 6) is 0.163. The van der Waals surface area contributed by atoms with Crippen LogP contribution in [0, 0.1) is 5.21 Å². The standard InChI is InChI=1S/C19H33FN2O4Si/c1-17(2,3)26-16(23)21-15-11-13(25-10)14(12-22(15)24)27(20,18(4,5)6)19(7,8)9/h11-12H,1-10H3,(H,21,23). The summed E-state index contributed by atoms with van der Waals surface area (Å²) < 4.78 is 27.6. The first-order valence-electron chi connectivity index (χ1n) is 8.94. The van der Waals surface area contributed by atoms with E-state index in [2.05, 4.69) is 5.32 Å². The Morgan fingerprint density at radius 1 is 1.11 bits per heavy atom. The van der Waals surface area contributed by atoms with Crippen molar-refractivity contribution < 1.29 is 23.1 Å². The average molecular weight is 401 g/mol. The quantitative estimate of drug-likeness (QED) is 0.353. The fourth-order valence-electron chi connectivity index (χ4n) is 3.38. The van der Waals surface area contributed by atoms with Gasteiger partial charge in [0.05, 0.1) is 24.6 Å². The van der Waals surface area contributed by atoms with Gasteiger partial charge in [0.25, 0.3) is 14.2 Å². The molecule has 8 heteroatoms. The van der Waals surface area contributed by atoms with Crippen LogP contribution in [0.1, 0.15) is 62.3 Å². The van der Waals surface area contributed by atoms with Gasteiger partial charge in [-0.05, 0) is 30.8 Å². The number of rotatable bonds is 3. The lowest BCUT2D eigenvalue weighted by molar-refractivity contribution is -0.589. The van der Waals surface area contributed by atoms with Crippen LogP contribution in [0.25, 0.3) is 0 Å². The van der Waals surface area contributed by atoms with Gasteiger partial charge < -0.3 is 18.8 Å². The van der Waals surface area contributed by atoms with Gasteiger partial charge in [-0.2, -0.15) is 10.1 Å². The number of amides is 1. The Kier molecular flexibility index (Phi) is 6.27. The first-order valence-corrected chi connectivity index (χ1v) is 10.8. The molecule has 1 amide bonds. The highest BCUT2D eigenvalue weighted by Crippen LogP contribution is 2.52. The number of hydrogen-bond acceptors (Lipinski definition) is 4. The Labute approximate surface area is 162 Å². The molecule has 0 spiro atoms. The van der Waals surface area contributed by atoms with Crippen LogP contribution in [-0.2, 0) is 4.74 Å². The molecule has 1 N–H and O–H groups in total. The van der Waals surface area contributed by atoms with Gasteiger partial charge >= 0.3 is 6.09 Å². The Balaban J connectivity index is 3.49. The number of pyridine rings is 1. The second kappa shape index (κ2) is 7.29. The lowest BCUT2D eigenvalue weighted by Gasteiger charge is -2.44. The molecule has 0 saturated heterocycles. The monoisotopic (exact) mass is 400 g/mol. The molecule has 154 valence electrons. The zero-order chi connectivity index (χ0) is 21.4. The maximum Gasteiger partial charge on any atom is 0.505 e. The molecular weight excluding hydrogens is 367 g/mol. The summed E-state index contributed by atoms with van der Waals surface area (Å²) in [6.45, 7) is 16.2. The van der Waals surface area contributed by atoms with Gasteiger partial charge in [-0.3, -0.25) is 0 Å². The molecule has 0 aliphatic rings. The molecule has 0 fully saturated rings. The van der Waals surface area contributed by atoms with E-state index in [4.69, 9.17) is 9.47 Å². The molecule has 0 radical (unpaired) electrons. The molecule has 1 rings (SSSR count). The number of aromatic nitrogens is 1. The topological polar surface area (TPSA) is 74.5 Å². The van der Waals surface area contributed by atoms with Crippen LogP contribution >= 0.6 is 0 Å². The van der Waals surface area contributed by atoms with Crippen LogP contribution in [0.3, 0.4) is 0 Å². The van der Waals surface area contributed by atoms with E-state index in [-0.39, 0.29) is 16.8 Å². The van der Waals surface area contributed by atoms with Gasteiger partial charge in [-0.1, -0.05) is 41.5 Å². The predicted octanol–water partition coefficient (Wildman–Crippen LogP) is 4.40.